The van der Waals surface area contributed by atoms with Crippen LogP contribution >= 0.6 is 0 Å². The number of ether oxygens (including phenoxy) is 1. The second kappa shape index (κ2) is 4.42. The van der Waals surface area contributed by atoms with Crippen molar-refractivity contribution >= 4 is 0 Å². The number of hydrogen-bond acceptors (Lipinski definition) is 2. The van der Waals surface area contributed by atoms with Crippen molar-refractivity contribution in [3.05, 3.63) is 29.6 Å². The van der Waals surface area contributed by atoms with Crippen LogP contribution in [0.2, 0.25) is 0 Å². The monoisotopic (exact) mass is 223 g/mol. The van der Waals surface area contributed by atoms with E-state index in [2.05, 4.69) is 0 Å². The first-order chi connectivity index (χ1) is 7.73. The molecule has 1 aromatic rings. The molecule has 0 bridgehead atoms. The van der Waals surface area contributed by atoms with Crippen LogP contribution in [-0.4, -0.2) is 13.7 Å². The van der Waals surface area contributed by atoms with Crippen molar-refractivity contribution in [3.63, 3.8) is 0 Å². The number of nitrogens with two attached hydrogens (primary N) is 1. The van der Waals surface area contributed by atoms with E-state index in [1.54, 1.807) is 13.2 Å². The lowest BCUT2D eigenvalue weighted by atomic mass is 9.78. The van der Waals surface area contributed by atoms with Gasteiger partial charge in [-0.25, -0.2) is 4.39 Å². The van der Waals surface area contributed by atoms with Crippen molar-refractivity contribution in [3.8, 4) is 5.75 Å². The van der Waals surface area contributed by atoms with Gasteiger partial charge in [0.1, 0.15) is 11.6 Å². The van der Waals surface area contributed by atoms with Gasteiger partial charge in [-0.1, -0.05) is 18.9 Å². The van der Waals surface area contributed by atoms with E-state index in [0.717, 1.165) is 25.7 Å². The lowest BCUT2D eigenvalue weighted by Gasteiger charge is -2.29. The largest absolute Gasteiger partial charge is 0.496 e. The van der Waals surface area contributed by atoms with Crippen LogP contribution in [0.4, 0.5) is 4.39 Å². The molecule has 1 aliphatic rings. The molecule has 1 fully saturated rings. The van der Waals surface area contributed by atoms with Crippen LogP contribution in [0.3, 0.4) is 0 Å². The lowest BCUT2D eigenvalue weighted by molar-refractivity contribution is 0.364. The Bertz CT molecular complexity index is 372. The van der Waals surface area contributed by atoms with Crippen molar-refractivity contribution in [1.29, 1.82) is 0 Å². The van der Waals surface area contributed by atoms with E-state index in [1.807, 2.05) is 6.07 Å². The molecule has 1 aromatic carbocycles. The second-order valence-corrected chi connectivity index (χ2v) is 4.51. The van der Waals surface area contributed by atoms with E-state index in [9.17, 15) is 4.39 Å². The summed E-state index contributed by atoms with van der Waals surface area (Å²) in [4.78, 5) is 0. The van der Waals surface area contributed by atoms with Crippen molar-refractivity contribution in [2.24, 2.45) is 5.73 Å². The van der Waals surface area contributed by atoms with Gasteiger partial charge in [-0.3, -0.25) is 0 Å². The maximum atomic E-state index is 14.0. The Balaban J connectivity index is 2.52. The van der Waals surface area contributed by atoms with Crippen molar-refractivity contribution in [2.75, 3.05) is 13.7 Å². The highest BCUT2D eigenvalue weighted by Crippen LogP contribution is 2.45. The third kappa shape index (κ3) is 1.69. The molecule has 1 saturated carbocycles. The molecule has 88 valence electrons. The molecule has 16 heavy (non-hydrogen) atoms. The molecule has 0 radical (unpaired) electrons. The van der Waals surface area contributed by atoms with Gasteiger partial charge in [0.05, 0.1) is 7.11 Å². The van der Waals surface area contributed by atoms with Gasteiger partial charge in [-0.2, -0.15) is 0 Å². The predicted octanol–water partition coefficient (Wildman–Crippen LogP) is 2.60. The number of rotatable bonds is 3. The standard InChI is InChI=1S/C13H18FNO/c1-16-11-6-4-5-10(14)12(11)13(9-15)7-2-3-8-13/h4-6H,2-3,7-9,15H2,1H3. The quantitative estimate of drug-likeness (QED) is 0.854. The summed E-state index contributed by atoms with van der Waals surface area (Å²) in [6.07, 6.45) is 4.16. The molecular weight excluding hydrogens is 205 g/mol. The summed E-state index contributed by atoms with van der Waals surface area (Å²) in [6.45, 7) is 0.490. The molecule has 0 saturated heterocycles. The Hall–Kier alpha value is -1.09. The first-order valence-electron chi connectivity index (χ1n) is 5.76. The molecule has 2 nitrogen and oxygen atoms in total. The molecule has 0 aromatic heterocycles. The van der Waals surface area contributed by atoms with Gasteiger partial charge in [0.2, 0.25) is 0 Å². The molecule has 0 spiro atoms. The van der Waals surface area contributed by atoms with Crippen LogP contribution in [0.5, 0.6) is 5.75 Å². The van der Waals surface area contributed by atoms with E-state index < -0.39 is 0 Å². The van der Waals surface area contributed by atoms with Crippen LogP contribution in [-0.2, 0) is 5.41 Å². The average molecular weight is 223 g/mol. The maximum Gasteiger partial charge on any atom is 0.130 e. The molecule has 2 N–H and O–H groups in total. The van der Waals surface area contributed by atoms with E-state index in [-0.39, 0.29) is 11.2 Å². The topological polar surface area (TPSA) is 35.2 Å². The highest BCUT2D eigenvalue weighted by molar-refractivity contribution is 5.42. The zero-order valence-electron chi connectivity index (χ0n) is 9.63. The molecule has 1 aliphatic carbocycles. The molecule has 3 heteroatoms. The SMILES string of the molecule is COc1cccc(F)c1C1(CN)CCCC1. The first kappa shape index (κ1) is 11.4. The third-order valence-corrected chi connectivity index (χ3v) is 3.68. The predicted molar refractivity (Wildman–Crippen MR) is 62.2 cm³/mol. The number of halogens is 1. The normalized spacial score (nSPS) is 18.7. The Morgan fingerprint density at radius 2 is 2.06 bits per heavy atom. The van der Waals surface area contributed by atoms with Gasteiger partial charge >= 0.3 is 0 Å². The minimum atomic E-state index is -0.212. The number of hydrogen-bond donors (Lipinski definition) is 1. The molecule has 0 heterocycles. The van der Waals surface area contributed by atoms with Crippen LogP contribution in [0.15, 0.2) is 18.2 Å². The zero-order valence-corrected chi connectivity index (χ0v) is 9.63. The Labute approximate surface area is 95.6 Å². The van der Waals surface area contributed by atoms with E-state index in [0.29, 0.717) is 17.9 Å². The fourth-order valence-corrected chi connectivity index (χ4v) is 2.80. The highest BCUT2D eigenvalue weighted by Gasteiger charge is 2.38. The van der Waals surface area contributed by atoms with Crippen LogP contribution in [0, 0.1) is 5.82 Å². The minimum Gasteiger partial charge on any atom is -0.496 e. The minimum absolute atomic E-state index is 0.188. The fourth-order valence-electron chi connectivity index (χ4n) is 2.80. The molecule has 0 amide bonds. The van der Waals surface area contributed by atoms with Crippen molar-refractivity contribution < 1.29 is 9.13 Å². The Morgan fingerprint density at radius 1 is 1.38 bits per heavy atom. The molecule has 2 rings (SSSR count). The van der Waals surface area contributed by atoms with Gasteiger partial charge < -0.3 is 10.5 Å². The van der Waals surface area contributed by atoms with E-state index in [4.69, 9.17) is 10.5 Å². The zero-order chi connectivity index (χ0) is 11.6. The second-order valence-electron chi connectivity index (χ2n) is 4.51. The summed E-state index contributed by atoms with van der Waals surface area (Å²) in [5, 5.41) is 0. The lowest BCUT2D eigenvalue weighted by Crippen LogP contribution is -2.33. The maximum absolute atomic E-state index is 14.0. The highest BCUT2D eigenvalue weighted by atomic mass is 19.1. The van der Waals surface area contributed by atoms with Crippen molar-refractivity contribution in [1.82, 2.24) is 0 Å². The van der Waals surface area contributed by atoms with Crippen LogP contribution in [0.25, 0.3) is 0 Å². The van der Waals surface area contributed by atoms with Gasteiger partial charge in [0, 0.05) is 17.5 Å². The average Bonchev–Trinajstić information content (AvgIpc) is 2.78. The van der Waals surface area contributed by atoms with Crippen LogP contribution < -0.4 is 10.5 Å². The Morgan fingerprint density at radius 3 is 2.62 bits per heavy atom. The van der Waals surface area contributed by atoms with E-state index >= 15 is 0 Å². The summed E-state index contributed by atoms with van der Waals surface area (Å²) in [7, 11) is 1.58. The van der Waals surface area contributed by atoms with Crippen molar-refractivity contribution in [2.45, 2.75) is 31.1 Å². The molecule has 0 aliphatic heterocycles. The van der Waals surface area contributed by atoms with E-state index in [1.165, 1.54) is 6.07 Å². The summed E-state index contributed by atoms with van der Waals surface area (Å²) >= 11 is 0. The number of methoxy groups -OCH3 is 1. The van der Waals surface area contributed by atoms with Crippen LogP contribution in [0.1, 0.15) is 31.2 Å². The molecular formula is C13H18FNO. The summed E-state index contributed by atoms with van der Waals surface area (Å²) in [6, 6.07) is 4.98. The van der Waals surface area contributed by atoms with Gasteiger partial charge in [-0.15, -0.1) is 0 Å². The number of benzene rings is 1. The molecule has 0 unspecified atom stereocenters. The fraction of sp³-hybridized carbons (Fsp3) is 0.538. The summed E-state index contributed by atoms with van der Waals surface area (Å²) in [5.74, 6) is 0.444. The summed E-state index contributed by atoms with van der Waals surface area (Å²) < 4.78 is 19.3. The molecule has 0 atom stereocenters. The summed E-state index contributed by atoms with van der Waals surface area (Å²) in [5.41, 5.74) is 6.34. The van der Waals surface area contributed by atoms with Gasteiger partial charge in [0.25, 0.3) is 0 Å². The smallest absolute Gasteiger partial charge is 0.130 e. The van der Waals surface area contributed by atoms with Gasteiger partial charge in [0.15, 0.2) is 0 Å². The Kier molecular flexibility index (Phi) is 3.15. The van der Waals surface area contributed by atoms with Gasteiger partial charge in [-0.05, 0) is 25.0 Å². The third-order valence-electron chi connectivity index (χ3n) is 3.68. The first-order valence-corrected chi connectivity index (χ1v) is 5.76.